The quantitative estimate of drug-likeness (QED) is 0.732. The summed E-state index contributed by atoms with van der Waals surface area (Å²) in [6.07, 6.45) is 3.65. The first-order chi connectivity index (χ1) is 8.25. The Bertz CT molecular complexity index is 503. The molecule has 0 amide bonds. The Morgan fingerprint density at radius 3 is 2.65 bits per heavy atom. The van der Waals surface area contributed by atoms with E-state index >= 15 is 0 Å². The SMILES string of the molecule is Cc1ccnc(C=N[C@@H](C)c2ccccc2)c1. The summed E-state index contributed by atoms with van der Waals surface area (Å²) >= 11 is 0. The van der Waals surface area contributed by atoms with Gasteiger partial charge in [-0.2, -0.15) is 0 Å². The van der Waals surface area contributed by atoms with Gasteiger partial charge in [-0.25, -0.2) is 0 Å². The summed E-state index contributed by atoms with van der Waals surface area (Å²) in [7, 11) is 0. The monoisotopic (exact) mass is 224 g/mol. The molecule has 2 aromatic rings. The highest BCUT2D eigenvalue weighted by Gasteiger charge is 2.00. The number of hydrogen-bond acceptors (Lipinski definition) is 2. The van der Waals surface area contributed by atoms with Crippen LogP contribution >= 0.6 is 0 Å². The fourth-order valence-electron chi connectivity index (χ4n) is 1.64. The van der Waals surface area contributed by atoms with Crippen molar-refractivity contribution in [2.75, 3.05) is 0 Å². The molecule has 1 aromatic carbocycles. The predicted molar refractivity (Wildman–Crippen MR) is 71.4 cm³/mol. The molecule has 0 N–H and O–H groups in total. The van der Waals surface area contributed by atoms with Crippen LogP contribution in [0.5, 0.6) is 0 Å². The summed E-state index contributed by atoms with van der Waals surface area (Å²) in [6, 6.07) is 14.4. The molecule has 0 spiro atoms. The fourth-order valence-corrected chi connectivity index (χ4v) is 1.64. The number of pyridine rings is 1. The van der Waals surface area contributed by atoms with Crippen LogP contribution in [0.25, 0.3) is 0 Å². The van der Waals surface area contributed by atoms with E-state index in [1.807, 2.05) is 42.7 Å². The van der Waals surface area contributed by atoms with Crippen molar-refractivity contribution < 1.29 is 0 Å². The lowest BCUT2D eigenvalue weighted by Crippen LogP contribution is -1.92. The van der Waals surface area contributed by atoms with Gasteiger partial charge in [0.25, 0.3) is 0 Å². The first kappa shape index (κ1) is 11.5. The molecule has 17 heavy (non-hydrogen) atoms. The largest absolute Gasteiger partial charge is 0.283 e. The maximum Gasteiger partial charge on any atom is 0.0810 e. The highest BCUT2D eigenvalue weighted by atomic mass is 14.8. The molecule has 86 valence electrons. The Morgan fingerprint density at radius 2 is 1.94 bits per heavy atom. The average Bonchev–Trinajstić information content (AvgIpc) is 2.37. The maximum absolute atomic E-state index is 4.52. The van der Waals surface area contributed by atoms with Crippen LogP contribution in [-0.4, -0.2) is 11.2 Å². The second-order valence-electron chi connectivity index (χ2n) is 4.12. The van der Waals surface area contributed by atoms with Crippen LogP contribution in [0.4, 0.5) is 0 Å². The third kappa shape index (κ3) is 3.25. The number of benzene rings is 1. The molecule has 0 bridgehead atoms. The molecule has 1 atom stereocenters. The molecular weight excluding hydrogens is 208 g/mol. The molecule has 0 unspecified atom stereocenters. The van der Waals surface area contributed by atoms with Crippen LogP contribution in [0.15, 0.2) is 53.7 Å². The minimum atomic E-state index is 0.165. The van der Waals surface area contributed by atoms with E-state index in [2.05, 4.69) is 36.0 Å². The first-order valence-corrected chi connectivity index (χ1v) is 5.76. The summed E-state index contributed by atoms with van der Waals surface area (Å²) in [5, 5.41) is 0. The minimum Gasteiger partial charge on any atom is -0.283 e. The van der Waals surface area contributed by atoms with Crippen molar-refractivity contribution in [3.63, 3.8) is 0 Å². The van der Waals surface area contributed by atoms with Crippen molar-refractivity contribution in [3.8, 4) is 0 Å². The van der Waals surface area contributed by atoms with Crippen molar-refractivity contribution in [2.45, 2.75) is 19.9 Å². The number of hydrogen-bond donors (Lipinski definition) is 0. The zero-order valence-corrected chi connectivity index (χ0v) is 10.2. The predicted octanol–water partition coefficient (Wildman–Crippen LogP) is 3.57. The molecule has 1 aromatic heterocycles. The van der Waals surface area contributed by atoms with Crippen molar-refractivity contribution in [2.24, 2.45) is 4.99 Å². The molecule has 2 nitrogen and oxygen atoms in total. The summed E-state index contributed by atoms with van der Waals surface area (Å²) in [5.74, 6) is 0. The van der Waals surface area contributed by atoms with Crippen LogP contribution in [0, 0.1) is 6.92 Å². The molecule has 0 aliphatic carbocycles. The topological polar surface area (TPSA) is 25.2 Å². The maximum atomic E-state index is 4.52. The Morgan fingerprint density at radius 1 is 1.18 bits per heavy atom. The second-order valence-corrected chi connectivity index (χ2v) is 4.12. The van der Waals surface area contributed by atoms with E-state index in [0.29, 0.717) is 0 Å². The van der Waals surface area contributed by atoms with Crippen LogP contribution in [0.2, 0.25) is 0 Å². The third-order valence-corrected chi connectivity index (χ3v) is 2.65. The molecule has 0 aliphatic rings. The standard InChI is InChI=1S/C15H16N2/c1-12-8-9-16-15(10-12)11-17-13(2)14-6-4-3-5-7-14/h3-11,13H,1-2H3/t13-/m0/s1. The van der Waals surface area contributed by atoms with E-state index in [9.17, 15) is 0 Å². The van der Waals surface area contributed by atoms with Gasteiger partial charge < -0.3 is 0 Å². The second kappa shape index (κ2) is 5.39. The zero-order chi connectivity index (χ0) is 12.1. The lowest BCUT2D eigenvalue weighted by atomic mass is 10.1. The molecule has 0 aliphatic heterocycles. The van der Waals surface area contributed by atoms with Crippen molar-refractivity contribution >= 4 is 6.21 Å². The summed E-state index contributed by atoms with van der Waals surface area (Å²) in [4.78, 5) is 8.77. The highest BCUT2D eigenvalue weighted by Crippen LogP contribution is 2.15. The fraction of sp³-hybridized carbons (Fsp3) is 0.200. The van der Waals surface area contributed by atoms with Gasteiger partial charge in [-0.3, -0.25) is 9.98 Å². The van der Waals surface area contributed by atoms with Crippen molar-refractivity contribution in [1.29, 1.82) is 0 Å². The Kier molecular flexibility index (Phi) is 3.66. The van der Waals surface area contributed by atoms with E-state index in [1.54, 1.807) is 0 Å². The molecular formula is C15H16N2. The Balaban J connectivity index is 2.11. The van der Waals surface area contributed by atoms with Gasteiger partial charge in [-0.15, -0.1) is 0 Å². The number of nitrogens with zero attached hydrogens (tertiary/aromatic N) is 2. The van der Waals surface area contributed by atoms with Crippen molar-refractivity contribution in [1.82, 2.24) is 4.98 Å². The normalized spacial score (nSPS) is 12.8. The van der Waals surface area contributed by atoms with Gasteiger partial charge in [-0.1, -0.05) is 30.3 Å². The summed E-state index contributed by atoms with van der Waals surface area (Å²) in [6.45, 7) is 4.14. The molecule has 2 rings (SSSR count). The van der Waals surface area contributed by atoms with E-state index in [-0.39, 0.29) is 6.04 Å². The molecule has 0 radical (unpaired) electrons. The summed E-state index contributed by atoms with van der Waals surface area (Å²) in [5.41, 5.74) is 3.33. The van der Waals surface area contributed by atoms with E-state index in [0.717, 1.165) is 5.69 Å². The Labute approximate surface area is 102 Å². The van der Waals surface area contributed by atoms with Crippen LogP contribution in [0.3, 0.4) is 0 Å². The number of aryl methyl sites for hydroxylation is 1. The van der Waals surface area contributed by atoms with E-state index in [1.165, 1.54) is 11.1 Å². The van der Waals surface area contributed by atoms with E-state index in [4.69, 9.17) is 0 Å². The molecule has 0 saturated heterocycles. The lowest BCUT2D eigenvalue weighted by Gasteiger charge is -2.05. The van der Waals surface area contributed by atoms with Gasteiger partial charge in [0.15, 0.2) is 0 Å². The van der Waals surface area contributed by atoms with Crippen LogP contribution in [0.1, 0.15) is 29.8 Å². The molecule has 0 saturated carbocycles. The van der Waals surface area contributed by atoms with E-state index < -0.39 is 0 Å². The van der Waals surface area contributed by atoms with Gasteiger partial charge in [-0.05, 0) is 37.1 Å². The lowest BCUT2D eigenvalue weighted by molar-refractivity contribution is 0.824. The van der Waals surface area contributed by atoms with Crippen molar-refractivity contribution in [3.05, 3.63) is 65.5 Å². The number of rotatable bonds is 3. The van der Waals surface area contributed by atoms with Crippen LogP contribution < -0.4 is 0 Å². The smallest absolute Gasteiger partial charge is 0.0810 e. The Hall–Kier alpha value is -1.96. The van der Waals surface area contributed by atoms with Crippen LogP contribution in [-0.2, 0) is 0 Å². The molecule has 1 heterocycles. The molecule has 2 heteroatoms. The highest BCUT2D eigenvalue weighted by molar-refractivity contribution is 5.77. The van der Waals surface area contributed by atoms with Gasteiger partial charge in [0.2, 0.25) is 0 Å². The number of aliphatic imine (C=N–C) groups is 1. The minimum absolute atomic E-state index is 0.165. The summed E-state index contributed by atoms with van der Waals surface area (Å²) < 4.78 is 0. The first-order valence-electron chi connectivity index (χ1n) is 5.76. The van der Waals surface area contributed by atoms with Gasteiger partial charge in [0.05, 0.1) is 11.7 Å². The zero-order valence-electron chi connectivity index (χ0n) is 10.2. The third-order valence-electron chi connectivity index (χ3n) is 2.65. The molecule has 0 fully saturated rings. The van der Waals surface area contributed by atoms with Gasteiger partial charge in [0, 0.05) is 12.4 Å². The van der Waals surface area contributed by atoms with Gasteiger partial charge >= 0.3 is 0 Å². The number of aromatic nitrogens is 1. The average molecular weight is 224 g/mol. The van der Waals surface area contributed by atoms with Gasteiger partial charge in [0.1, 0.15) is 0 Å².